The van der Waals surface area contributed by atoms with Gasteiger partial charge in [-0.2, -0.15) is 0 Å². The van der Waals surface area contributed by atoms with Crippen molar-refractivity contribution in [3.8, 4) is 0 Å². The van der Waals surface area contributed by atoms with Crippen molar-refractivity contribution in [2.24, 2.45) is 18.9 Å². The first-order chi connectivity index (χ1) is 16.5. The number of hydrogen-bond donors (Lipinski definition) is 1. The zero-order chi connectivity index (χ0) is 23.7. The molecular weight excluding hydrogens is 430 g/mol. The molecule has 7 heteroatoms. The molecule has 2 aromatic rings. The van der Waals surface area contributed by atoms with Crippen molar-refractivity contribution in [1.82, 2.24) is 14.8 Å². The smallest absolute Gasteiger partial charge is 0.254 e. The van der Waals surface area contributed by atoms with Crippen LogP contribution in [0.3, 0.4) is 0 Å². The average molecular weight is 468 g/mol. The SMILES string of the molecule is CCN(CC(=O)N[C@@H]1CCOC1)C(=O)c1ccc2c(c1)c1c(n2C)CCC(C2CCOCC2)C1. The van der Waals surface area contributed by atoms with Crippen LogP contribution in [0.25, 0.3) is 10.9 Å². The van der Waals surface area contributed by atoms with Gasteiger partial charge >= 0.3 is 0 Å². The standard InChI is InChI=1S/C27H37N3O4/c1-3-30(16-26(31)28-21-10-13-34-17-21)27(32)20-5-7-25-23(15-20)22-14-19(4-6-24(22)29(25)2)18-8-11-33-12-9-18/h5,7,15,18-19,21H,3-4,6,8-14,16-17H2,1-2H3,(H,28,31)/t19?,21-/m1/s1. The van der Waals surface area contributed by atoms with E-state index in [4.69, 9.17) is 9.47 Å². The third-order valence-corrected chi connectivity index (χ3v) is 8.13. The van der Waals surface area contributed by atoms with Gasteiger partial charge in [0.1, 0.15) is 0 Å². The summed E-state index contributed by atoms with van der Waals surface area (Å²) in [6.45, 7) is 5.49. The van der Waals surface area contributed by atoms with Gasteiger partial charge in [0.2, 0.25) is 5.91 Å². The maximum absolute atomic E-state index is 13.4. The number of benzene rings is 1. The van der Waals surface area contributed by atoms with Crippen molar-refractivity contribution in [3.63, 3.8) is 0 Å². The molecule has 0 saturated carbocycles. The highest BCUT2D eigenvalue weighted by Gasteiger charge is 2.31. The van der Waals surface area contributed by atoms with Crippen LogP contribution in [0.15, 0.2) is 18.2 Å². The summed E-state index contributed by atoms with van der Waals surface area (Å²) in [7, 11) is 2.15. The van der Waals surface area contributed by atoms with E-state index in [1.165, 1.54) is 28.6 Å². The molecular formula is C27H37N3O4. The van der Waals surface area contributed by atoms with Crippen molar-refractivity contribution in [1.29, 1.82) is 0 Å². The van der Waals surface area contributed by atoms with Gasteiger partial charge in [-0.25, -0.2) is 0 Å². The molecule has 0 spiro atoms. The summed E-state index contributed by atoms with van der Waals surface area (Å²) < 4.78 is 13.2. The normalized spacial score (nSPS) is 23.1. The highest BCUT2D eigenvalue weighted by atomic mass is 16.5. The maximum Gasteiger partial charge on any atom is 0.254 e. The second kappa shape index (κ2) is 10.1. The minimum absolute atomic E-state index is 0.0529. The van der Waals surface area contributed by atoms with E-state index in [9.17, 15) is 9.59 Å². The molecule has 2 amide bonds. The highest BCUT2D eigenvalue weighted by Crippen LogP contribution is 2.39. The number of nitrogens with zero attached hydrogens (tertiary/aromatic N) is 2. The van der Waals surface area contributed by atoms with Crippen LogP contribution in [-0.2, 0) is 34.2 Å². The lowest BCUT2D eigenvalue weighted by Crippen LogP contribution is -2.44. The second-order valence-corrected chi connectivity index (χ2v) is 10.1. The lowest BCUT2D eigenvalue weighted by molar-refractivity contribution is -0.122. The Bertz CT molecular complexity index is 1050. The Morgan fingerprint density at radius 3 is 2.62 bits per heavy atom. The Morgan fingerprint density at radius 2 is 1.88 bits per heavy atom. The zero-order valence-corrected chi connectivity index (χ0v) is 20.5. The fourth-order valence-electron chi connectivity index (χ4n) is 6.13. The molecule has 1 aromatic carbocycles. The van der Waals surface area contributed by atoms with Crippen molar-refractivity contribution in [2.75, 3.05) is 39.5 Å². The summed E-state index contributed by atoms with van der Waals surface area (Å²) in [6, 6.07) is 6.11. The number of likely N-dealkylation sites (N-methyl/N-ethyl adjacent to an activating group) is 1. The van der Waals surface area contributed by atoms with E-state index in [1.54, 1.807) is 4.90 Å². The topological polar surface area (TPSA) is 72.8 Å². The van der Waals surface area contributed by atoms with Crippen LogP contribution in [0.4, 0.5) is 0 Å². The molecule has 184 valence electrons. The van der Waals surface area contributed by atoms with E-state index in [0.29, 0.717) is 31.2 Å². The van der Waals surface area contributed by atoms with Crippen LogP contribution in [0.2, 0.25) is 0 Å². The zero-order valence-electron chi connectivity index (χ0n) is 20.5. The largest absolute Gasteiger partial charge is 0.381 e. The molecule has 7 nitrogen and oxygen atoms in total. The van der Waals surface area contributed by atoms with Gasteiger partial charge in [-0.3, -0.25) is 9.59 Å². The number of aromatic nitrogens is 1. The van der Waals surface area contributed by atoms with Gasteiger partial charge in [0.05, 0.1) is 19.2 Å². The molecule has 3 heterocycles. The lowest BCUT2D eigenvalue weighted by Gasteiger charge is -2.33. The van der Waals surface area contributed by atoms with Crippen molar-refractivity contribution in [3.05, 3.63) is 35.0 Å². The van der Waals surface area contributed by atoms with Gasteiger partial charge in [-0.15, -0.1) is 0 Å². The molecule has 5 rings (SSSR count). The van der Waals surface area contributed by atoms with Crippen LogP contribution in [-0.4, -0.2) is 66.8 Å². The molecule has 1 unspecified atom stereocenters. The number of hydrogen-bond acceptors (Lipinski definition) is 4. The Hall–Kier alpha value is -2.38. The lowest BCUT2D eigenvalue weighted by atomic mass is 9.75. The van der Waals surface area contributed by atoms with Gasteiger partial charge in [-0.05, 0) is 81.0 Å². The summed E-state index contributed by atoms with van der Waals surface area (Å²) >= 11 is 0. The second-order valence-electron chi connectivity index (χ2n) is 10.1. The number of nitrogens with one attached hydrogen (secondary N) is 1. The Balaban J connectivity index is 1.35. The predicted molar refractivity (Wildman–Crippen MR) is 131 cm³/mol. The Morgan fingerprint density at radius 1 is 1.09 bits per heavy atom. The van der Waals surface area contributed by atoms with Crippen LogP contribution in [0.5, 0.6) is 0 Å². The quantitative estimate of drug-likeness (QED) is 0.709. The molecule has 2 aliphatic heterocycles. The van der Waals surface area contributed by atoms with E-state index in [1.807, 2.05) is 13.0 Å². The third kappa shape index (κ3) is 4.60. The van der Waals surface area contributed by atoms with Crippen molar-refractivity contribution < 1.29 is 19.1 Å². The minimum atomic E-state index is -0.122. The number of fused-ring (bicyclic) bond motifs is 3. The van der Waals surface area contributed by atoms with Gasteiger partial charge < -0.3 is 24.3 Å². The summed E-state index contributed by atoms with van der Waals surface area (Å²) in [5.74, 6) is 1.22. The molecule has 1 aromatic heterocycles. The molecule has 2 saturated heterocycles. The first-order valence-electron chi connectivity index (χ1n) is 12.9. The molecule has 0 bridgehead atoms. The number of rotatable bonds is 6. The molecule has 34 heavy (non-hydrogen) atoms. The third-order valence-electron chi connectivity index (χ3n) is 8.13. The predicted octanol–water partition coefficient (Wildman–Crippen LogP) is 3.08. The number of amides is 2. The fourth-order valence-corrected chi connectivity index (χ4v) is 6.13. The highest BCUT2D eigenvalue weighted by molar-refractivity contribution is 6.00. The summed E-state index contributed by atoms with van der Waals surface area (Å²) in [6.07, 6.45) is 6.56. The van der Waals surface area contributed by atoms with Crippen LogP contribution in [0, 0.1) is 11.8 Å². The first-order valence-corrected chi connectivity index (χ1v) is 12.9. The average Bonchev–Trinajstić information content (AvgIpc) is 3.48. The van der Waals surface area contributed by atoms with Gasteiger partial charge in [0.15, 0.2) is 0 Å². The molecule has 1 aliphatic carbocycles. The fraction of sp³-hybridized carbons (Fsp3) is 0.630. The minimum Gasteiger partial charge on any atom is -0.381 e. The molecule has 2 fully saturated rings. The molecule has 1 N–H and O–H groups in total. The van der Waals surface area contributed by atoms with E-state index >= 15 is 0 Å². The summed E-state index contributed by atoms with van der Waals surface area (Å²) in [5, 5.41) is 4.19. The van der Waals surface area contributed by atoms with E-state index in [0.717, 1.165) is 51.2 Å². The van der Waals surface area contributed by atoms with Crippen molar-refractivity contribution in [2.45, 2.75) is 51.5 Å². The van der Waals surface area contributed by atoms with E-state index < -0.39 is 0 Å². The van der Waals surface area contributed by atoms with Gasteiger partial charge in [0.25, 0.3) is 5.91 Å². The van der Waals surface area contributed by atoms with Crippen LogP contribution >= 0.6 is 0 Å². The Labute approximate surface area is 201 Å². The van der Waals surface area contributed by atoms with Crippen LogP contribution in [0.1, 0.15) is 54.2 Å². The molecule has 2 atom stereocenters. The monoisotopic (exact) mass is 467 g/mol. The van der Waals surface area contributed by atoms with Crippen molar-refractivity contribution >= 4 is 22.7 Å². The van der Waals surface area contributed by atoms with E-state index in [-0.39, 0.29) is 24.4 Å². The van der Waals surface area contributed by atoms with E-state index in [2.05, 4.69) is 29.1 Å². The summed E-state index contributed by atoms with van der Waals surface area (Å²) in [5.41, 5.74) is 4.68. The first kappa shape index (κ1) is 23.4. The number of carbonyl (C=O) groups is 2. The number of ether oxygens (including phenoxy) is 2. The number of carbonyl (C=O) groups excluding carboxylic acids is 2. The van der Waals surface area contributed by atoms with Gasteiger partial charge in [0, 0.05) is 55.6 Å². The molecule has 3 aliphatic rings. The summed E-state index contributed by atoms with van der Waals surface area (Å²) in [4.78, 5) is 27.5. The Kier molecular flexibility index (Phi) is 6.93. The van der Waals surface area contributed by atoms with Gasteiger partial charge in [-0.1, -0.05) is 0 Å². The maximum atomic E-state index is 13.4. The number of aryl methyl sites for hydroxylation is 1. The molecule has 0 radical (unpaired) electrons. The van der Waals surface area contributed by atoms with Crippen LogP contribution < -0.4 is 5.32 Å².